The Kier molecular flexibility index (Phi) is 5.21. The lowest BCUT2D eigenvalue weighted by Gasteiger charge is -2.31. The molecule has 5 nitrogen and oxygen atoms in total. The smallest absolute Gasteiger partial charge is 0.0937 e. The molecule has 1 aliphatic rings. The van der Waals surface area contributed by atoms with E-state index in [1.807, 2.05) is 0 Å². The normalized spacial score (nSPS) is 17.6. The minimum absolute atomic E-state index is 0.275. The van der Waals surface area contributed by atoms with E-state index in [0.29, 0.717) is 5.84 Å². The van der Waals surface area contributed by atoms with Crippen LogP contribution in [0.5, 0.6) is 0 Å². The van der Waals surface area contributed by atoms with Gasteiger partial charge in [-0.3, -0.25) is 15.0 Å². The summed E-state index contributed by atoms with van der Waals surface area (Å²) >= 11 is 3.70. The molecule has 0 radical (unpaired) electrons. The lowest BCUT2D eigenvalue weighted by Crippen LogP contribution is -2.38. The van der Waals surface area contributed by atoms with Crippen LogP contribution in [0.3, 0.4) is 0 Å². The largest absolute Gasteiger partial charge is 0.387 e. The second-order valence-corrected chi connectivity index (χ2v) is 6.18. The third-order valence-corrected chi connectivity index (χ3v) is 5.01. The fourth-order valence-corrected chi connectivity index (χ4v) is 3.47. The van der Waals surface area contributed by atoms with Crippen LogP contribution in [0.1, 0.15) is 38.1 Å². The predicted octanol–water partition coefficient (Wildman–Crippen LogP) is 2.38. The molecular weight excluding hydrogens is 318 g/mol. The van der Waals surface area contributed by atoms with Crippen LogP contribution in [-0.4, -0.2) is 33.6 Å². The molecule has 0 amide bonds. The number of aromatic nitrogens is 2. The average Bonchev–Trinajstić information content (AvgIpc) is 2.76. The Balaban J connectivity index is 2.04. The molecule has 1 fully saturated rings. The van der Waals surface area contributed by atoms with E-state index in [-0.39, 0.29) is 5.92 Å². The zero-order chi connectivity index (χ0) is 14.7. The molecular formula is C14H24BrN5. The summed E-state index contributed by atoms with van der Waals surface area (Å²) in [6, 6.07) is 0. The van der Waals surface area contributed by atoms with Gasteiger partial charge in [-0.05, 0) is 55.2 Å². The summed E-state index contributed by atoms with van der Waals surface area (Å²) in [6.45, 7) is 8.10. The van der Waals surface area contributed by atoms with Gasteiger partial charge in [0.05, 0.1) is 21.7 Å². The third-order valence-electron chi connectivity index (χ3n) is 4.09. The van der Waals surface area contributed by atoms with Crippen molar-refractivity contribution in [2.24, 2.45) is 11.7 Å². The quantitative estimate of drug-likeness (QED) is 0.638. The summed E-state index contributed by atoms with van der Waals surface area (Å²) < 4.78 is 3.26. The Morgan fingerprint density at radius 3 is 2.55 bits per heavy atom. The highest BCUT2D eigenvalue weighted by atomic mass is 79.9. The van der Waals surface area contributed by atoms with E-state index in [1.165, 1.54) is 5.69 Å². The number of piperidine rings is 1. The molecule has 112 valence electrons. The van der Waals surface area contributed by atoms with Gasteiger partial charge in [-0.15, -0.1) is 0 Å². The van der Waals surface area contributed by atoms with Crippen molar-refractivity contribution in [1.29, 1.82) is 5.41 Å². The SMILES string of the molecule is CCc1nn(CC)c(CN2CCC(C(=N)N)CC2)c1Br. The van der Waals surface area contributed by atoms with Crippen LogP contribution in [0, 0.1) is 11.3 Å². The number of hydrogen-bond donors (Lipinski definition) is 2. The number of halogens is 1. The minimum atomic E-state index is 0.275. The van der Waals surface area contributed by atoms with Gasteiger partial charge in [-0.25, -0.2) is 0 Å². The van der Waals surface area contributed by atoms with Crippen molar-refractivity contribution in [1.82, 2.24) is 14.7 Å². The van der Waals surface area contributed by atoms with Crippen LogP contribution >= 0.6 is 15.9 Å². The van der Waals surface area contributed by atoms with Crippen LogP contribution in [-0.2, 0) is 19.5 Å². The van der Waals surface area contributed by atoms with Crippen molar-refractivity contribution < 1.29 is 0 Å². The zero-order valence-electron chi connectivity index (χ0n) is 12.3. The number of aryl methyl sites for hydroxylation is 2. The Hall–Kier alpha value is -0.880. The summed E-state index contributed by atoms with van der Waals surface area (Å²) in [5.74, 6) is 0.620. The Morgan fingerprint density at radius 2 is 2.05 bits per heavy atom. The van der Waals surface area contributed by atoms with Gasteiger partial charge in [0.1, 0.15) is 0 Å². The highest BCUT2D eigenvalue weighted by molar-refractivity contribution is 9.10. The molecule has 6 heteroatoms. The van der Waals surface area contributed by atoms with Gasteiger partial charge in [0.15, 0.2) is 0 Å². The molecule has 0 saturated carbocycles. The molecule has 2 rings (SSSR count). The topological polar surface area (TPSA) is 70.9 Å². The Morgan fingerprint density at radius 1 is 1.40 bits per heavy atom. The first-order valence-corrected chi connectivity index (χ1v) is 8.16. The van der Waals surface area contributed by atoms with Crippen LogP contribution in [0.4, 0.5) is 0 Å². The van der Waals surface area contributed by atoms with Crippen molar-refractivity contribution >= 4 is 21.8 Å². The van der Waals surface area contributed by atoms with Crippen LogP contribution in [0.15, 0.2) is 4.47 Å². The maximum Gasteiger partial charge on any atom is 0.0937 e. The van der Waals surface area contributed by atoms with Crippen LogP contribution in [0.25, 0.3) is 0 Å². The number of rotatable bonds is 5. The van der Waals surface area contributed by atoms with Crippen molar-refractivity contribution in [2.75, 3.05) is 13.1 Å². The predicted molar refractivity (Wildman–Crippen MR) is 84.9 cm³/mol. The number of nitrogens with zero attached hydrogens (tertiary/aromatic N) is 3. The lowest BCUT2D eigenvalue weighted by molar-refractivity contribution is 0.195. The van der Waals surface area contributed by atoms with Crippen LogP contribution in [0.2, 0.25) is 0 Å². The second-order valence-electron chi connectivity index (χ2n) is 5.38. The highest BCUT2D eigenvalue weighted by Gasteiger charge is 2.23. The molecule has 3 N–H and O–H groups in total. The number of nitrogens with one attached hydrogen (secondary N) is 1. The lowest BCUT2D eigenvalue weighted by atomic mass is 9.96. The summed E-state index contributed by atoms with van der Waals surface area (Å²) in [4.78, 5) is 2.44. The van der Waals surface area contributed by atoms with Gasteiger partial charge in [0, 0.05) is 19.0 Å². The molecule has 0 unspecified atom stereocenters. The van der Waals surface area contributed by atoms with E-state index in [1.54, 1.807) is 0 Å². The molecule has 20 heavy (non-hydrogen) atoms. The van der Waals surface area contributed by atoms with Gasteiger partial charge in [-0.2, -0.15) is 5.10 Å². The summed E-state index contributed by atoms with van der Waals surface area (Å²) in [5.41, 5.74) is 8.01. The summed E-state index contributed by atoms with van der Waals surface area (Å²) in [7, 11) is 0. The van der Waals surface area contributed by atoms with Crippen molar-refractivity contribution in [3.05, 3.63) is 15.9 Å². The minimum Gasteiger partial charge on any atom is -0.387 e. The van der Waals surface area contributed by atoms with E-state index in [2.05, 4.69) is 44.5 Å². The molecule has 1 saturated heterocycles. The monoisotopic (exact) mass is 341 g/mol. The van der Waals surface area contributed by atoms with Crippen molar-refractivity contribution in [3.8, 4) is 0 Å². The maximum absolute atomic E-state index is 7.54. The van der Waals surface area contributed by atoms with E-state index in [4.69, 9.17) is 11.1 Å². The molecule has 1 aliphatic heterocycles. The fraction of sp³-hybridized carbons (Fsp3) is 0.714. The first kappa shape index (κ1) is 15.5. The molecule has 1 aromatic heterocycles. The van der Waals surface area contributed by atoms with Gasteiger partial charge in [0.2, 0.25) is 0 Å². The highest BCUT2D eigenvalue weighted by Crippen LogP contribution is 2.25. The van der Waals surface area contributed by atoms with E-state index in [9.17, 15) is 0 Å². The number of hydrogen-bond acceptors (Lipinski definition) is 3. The van der Waals surface area contributed by atoms with Gasteiger partial charge >= 0.3 is 0 Å². The molecule has 0 aromatic carbocycles. The zero-order valence-corrected chi connectivity index (χ0v) is 13.9. The van der Waals surface area contributed by atoms with Gasteiger partial charge < -0.3 is 5.73 Å². The van der Waals surface area contributed by atoms with Crippen molar-refractivity contribution in [3.63, 3.8) is 0 Å². The first-order chi connectivity index (χ1) is 9.56. The standard InChI is InChI=1S/C14H24BrN5/c1-3-11-13(15)12(20(4-2)18-11)9-19-7-5-10(6-8-19)14(16)17/h10H,3-9H2,1-2H3,(H3,16,17). The van der Waals surface area contributed by atoms with Crippen LogP contribution < -0.4 is 5.73 Å². The molecule has 2 heterocycles. The molecule has 0 aliphatic carbocycles. The van der Waals surface area contributed by atoms with Gasteiger partial charge in [-0.1, -0.05) is 6.92 Å². The first-order valence-electron chi connectivity index (χ1n) is 7.37. The second kappa shape index (κ2) is 6.72. The van der Waals surface area contributed by atoms with Crippen molar-refractivity contribution in [2.45, 2.75) is 46.2 Å². The van der Waals surface area contributed by atoms with E-state index < -0.39 is 0 Å². The number of nitrogens with two attached hydrogens (primary N) is 1. The van der Waals surface area contributed by atoms with E-state index in [0.717, 1.165) is 55.6 Å². The maximum atomic E-state index is 7.54. The Bertz CT molecular complexity index is 474. The van der Waals surface area contributed by atoms with E-state index >= 15 is 0 Å². The fourth-order valence-electron chi connectivity index (χ4n) is 2.78. The average molecular weight is 342 g/mol. The summed E-state index contributed by atoms with van der Waals surface area (Å²) in [6.07, 6.45) is 2.94. The molecule has 0 bridgehead atoms. The molecule has 1 aromatic rings. The third kappa shape index (κ3) is 3.23. The number of amidine groups is 1. The van der Waals surface area contributed by atoms with Gasteiger partial charge in [0.25, 0.3) is 0 Å². The Labute approximate surface area is 129 Å². The summed E-state index contributed by atoms with van der Waals surface area (Å²) in [5, 5.41) is 12.2. The number of likely N-dealkylation sites (tertiary alicyclic amines) is 1. The molecule has 0 atom stereocenters. The molecule has 0 spiro atoms.